The number of carbonyl (C=O) groups excluding carboxylic acids is 1. The van der Waals surface area contributed by atoms with E-state index in [-0.39, 0.29) is 29.8 Å². The van der Waals surface area contributed by atoms with Crippen LogP contribution in [0.1, 0.15) is 30.6 Å². The van der Waals surface area contributed by atoms with E-state index < -0.39 is 11.7 Å². The van der Waals surface area contributed by atoms with Crippen LogP contribution in [0.2, 0.25) is 0 Å². The van der Waals surface area contributed by atoms with Gasteiger partial charge in [0.15, 0.2) is 0 Å². The van der Waals surface area contributed by atoms with Crippen LogP contribution >= 0.6 is 0 Å². The van der Waals surface area contributed by atoms with Crippen molar-refractivity contribution in [3.05, 3.63) is 47.7 Å². The number of nitrogens with zero attached hydrogens (tertiary/aromatic N) is 1. The Bertz CT molecular complexity index is 766. The van der Waals surface area contributed by atoms with Gasteiger partial charge in [0.25, 0.3) is 0 Å². The summed E-state index contributed by atoms with van der Waals surface area (Å²) in [4.78, 5) is 14.1. The fourth-order valence-corrected chi connectivity index (χ4v) is 2.90. The first-order valence-corrected chi connectivity index (χ1v) is 8.59. The van der Waals surface area contributed by atoms with E-state index >= 15 is 0 Å². The second-order valence-electron chi connectivity index (χ2n) is 6.42. The van der Waals surface area contributed by atoms with E-state index in [0.717, 1.165) is 18.9 Å². The molecule has 0 atom stereocenters. The Morgan fingerprint density at radius 2 is 1.96 bits per heavy atom. The molecule has 1 aromatic heterocycles. The van der Waals surface area contributed by atoms with Gasteiger partial charge in [-0.3, -0.25) is 4.79 Å². The van der Waals surface area contributed by atoms with Gasteiger partial charge in [-0.05, 0) is 38.1 Å². The fraction of sp³-hybridized carbons (Fsp3) is 0.421. The molecule has 7 heteroatoms. The summed E-state index contributed by atoms with van der Waals surface area (Å²) in [6.45, 7) is 0.867. The first kappa shape index (κ1) is 18.5. The molecule has 3 rings (SSSR count). The second kappa shape index (κ2) is 7.53. The summed E-state index contributed by atoms with van der Waals surface area (Å²) in [7, 11) is 1.78. The van der Waals surface area contributed by atoms with Crippen molar-refractivity contribution in [2.24, 2.45) is 0 Å². The van der Waals surface area contributed by atoms with Crippen molar-refractivity contribution >= 4 is 5.91 Å². The molecule has 0 bridgehead atoms. The maximum Gasteiger partial charge on any atom is 0.417 e. The molecular formula is C19H21F3N2O2. The Morgan fingerprint density at radius 3 is 2.62 bits per heavy atom. The monoisotopic (exact) mass is 366 g/mol. The highest BCUT2D eigenvalue weighted by Crippen LogP contribution is 2.38. The topological polar surface area (TPSA) is 45.5 Å². The summed E-state index contributed by atoms with van der Waals surface area (Å²) >= 11 is 0. The summed E-state index contributed by atoms with van der Waals surface area (Å²) in [5, 5.41) is 2.95. The molecule has 1 fully saturated rings. The van der Waals surface area contributed by atoms with Crippen LogP contribution in [0.3, 0.4) is 0 Å². The summed E-state index contributed by atoms with van der Waals surface area (Å²) in [5.41, 5.74) is -0.726. The lowest BCUT2D eigenvalue weighted by atomic mass is 10.1. The normalized spacial score (nSPS) is 14.5. The van der Waals surface area contributed by atoms with Crippen LogP contribution in [0.15, 0.2) is 40.8 Å². The third-order valence-electron chi connectivity index (χ3n) is 4.38. The average molecular weight is 366 g/mol. The zero-order valence-electron chi connectivity index (χ0n) is 14.5. The average Bonchev–Trinajstić information content (AvgIpc) is 3.34. The van der Waals surface area contributed by atoms with Gasteiger partial charge in [0.2, 0.25) is 5.91 Å². The van der Waals surface area contributed by atoms with Crippen molar-refractivity contribution in [2.45, 2.75) is 38.0 Å². The maximum atomic E-state index is 13.2. The number of rotatable bonds is 7. The van der Waals surface area contributed by atoms with E-state index in [9.17, 15) is 18.0 Å². The minimum atomic E-state index is -4.45. The van der Waals surface area contributed by atoms with Gasteiger partial charge in [-0.25, -0.2) is 0 Å². The number of alkyl halides is 3. The molecular weight excluding hydrogens is 345 g/mol. The van der Waals surface area contributed by atoms with E-state index in [4.69, 9.17) is 4.42 Å². The fourth-order valence-electron chi connectivity index (χ4n) is 2.90. The van der Waals surface area contributed by atoms with Gasteiger partial charge in [0.05, 0.1) is 12.1 Å². The Kier molecular flexibility index (Phi) is 5.36. The summed E-state index contributed by atoms with van der Waals surface area (Å²) in [6.07, 6.45) is -2.16. The quantitative estimate of drug-likeness (QED) is 0.804. The molecule has 1 N–H and O–H groups in total. The summed E-state index contributed by atoms with van der Waals surface area (Å²) < 4.78 is 45.2. The molecule has 0 aliphatic heterocycles. The molecule has 1 saturated carbocycles. The lowest BCUT2D eigenvalue weighted by molar-refractivity contribution is -0.137. The van der Waals surface area contributed by atoms with Gasteiger partial charge >= 0.3 is 6.18 Å². The Hall–Kier alpha value is -2.28. The molecule has 0 radical (unpaired) electrons. The van der Waals surface area contributed by atoms with Crippen molar-refractivity contribution in [3.63, 3.8) is 0 Å². The Morgan fingerprint density at radius 1 is 1.23 bits per heavy atom. The molecule has 4 nitrogen and oxygen atoms in total. The zero-order chi connectivity index (χ0) is 18.7. The third-order valence-corrected chi connectivity index (χ3v) is 4.38. The largest absolute Gasteiger partial charge is 0.459 e. The summed E-state index contributed by atoms with van der Waals surface area (Å²) in [5.74, 6) is 0.670. The highest BCUT2D eigenvalue weighted by Gasteiger charge is 2.35. The first-order valence-electron chi connectivity index (χ1n) is 8.59. The lowest BCUT2D eigenvalue weighted by Crippen LogP contribution is -2.34. The number of hydrogen-bond acceptors (Lipinski definition) is 3. The molecule has 1 aliphatic rings. The van der Waals surface area contributed by atoms with Gasteiger partial charge in [-0.2, -0.15) is 13.2 Å². The predicted molar refractivity (Wildman–Crippen MR) is 91.3 cm³/mol. The van der Waals surface area contributed by atoms with E-state index in [1.54, 1.807) is 24.1 Å². The number of nitrogens with one attached hydrogen (secondary N) is 1. The van der Waals surface area contributed by atoms with Crippen LogP contribution in [-0.4, -0.2) is 30.4 Å². The number of benzene rings is 1. The SMILES string of the molecule is CNCCC(=O)N(Cc1ccc(-c2ccccc2C(F)(F)F)o1)C1CC1. The Balaban J connectivity index is 1.79. The van der Waals surface area contributed by atoms with Crippen molar-refractivity contribution in [1.82, 2.24) is 10.2 Å². The van der Waals surface area contributed by atoms with Gasteiger partial charge in [-0.1, -0.05) is 18.2 Å². The number of hydrogen-bond donors (Lipinski definition) is 1. The van der Waals surface area contributed by atoms with Crippen molar-refractivity contribution in [2.75, 3.05) is 13.6 Å². The highest BCUT2D eigenvalue weighted by molar-refractivity contribution is 5.77. The Labute approximate surface area is 150 Å². The second-order valence-corrected chi connectivity index (χ2v) is 6.42. The minimum Gasteiger partial charge on any atom is -0.459 e. The molecule has 140 valence electrons. The van der Waals surface area contributed by atoms with Crippen LogP contribution in [0.25, 0.3) is 11.3 Å². The van der Waals surface area contributed by atoms with Gasteiger partial charge < -0.3 is 14.6 Å². The molecule has 0 unspecified atom stereocenters. The molecule has 0 saturated heterocycles. The molecule has 2 aromatic rings. The number of halogens is 3. The smallest absolute Gasteiger partial charge is 0.417 e. The van der Waals surface area contributed by atoms with Crippen LogP contribution in [0.5, 0.6) is 0 Å². The van der Waals surface area contributed by atoms with Crippen LogP contribution < -0.4 is 5.32 Å². The van der Waals surface area contributed by atoms with E-state index in [2.05, 4.69) is 5.32 Å². The molecule has 1 heterocycles. The van der Waals surface area contributed by atoms with E-state index in [1.807, 2.05) is 0 Å². The highest BCUT2D eigenvalue weighted by atomic mass is 19.4. The predicted octanol–water partition coefficient (Wildman–Crippen LogP) is 4.07. The number of amides is 1. The third kappa shape index (κ3) is 4.27. The van der Waals surface area contributed by atoms with Gasteiger partial charge in [0, 0.05) is 24.6 Å². The standard InChI is InChI=1S/C19H21F3N2O2/c1-23-11-10-18(25)24(13-6-7-13)12-14-8-9-17(26-14)15-4-2-3-5-16(15)19(20,21)22/h2-5,8-9,13,23H,6-7,10-12H2,1H3. The molecule has 26 heavy (non-hydrogen) atoms. The number of carbonyl (C=O) groups is 1. The number of furan rings is 1. The van der Waals surface area contributed by atoms with E-state index in [1.165, 1.54) is 18.2 Å². The van der Waals surface area contributed by atoms with Gasteiger partial charge in [0.1, 0.15) is 11.5 Å². The van der Waals surface area contributed by atoms with Crippen molar-refractivity contribution < 1.29 is 22.4 Å². The first-order chi connectivity index (χ1) is 12.4. The molecule has 0 spiro atoms. The van der Waals surface area contributed by atoms with Crippen molar-refractivity contribution in [3.8, 4) is 11.3 Å². The van der Waals surface area contributed by atoms with E-state index in [0.29, 0.717) is 18.7 Å². The zero-order valence-corrected chi connectivity index (χ0v) is 14.5. The van der Waals surface area contributed by atoms with Crippen LogP contribution in [0.4, 0.5) is 13.2 Å². The van der Waals surface area contributed by atoms with Crippen molar-refractivity contribution in [1.29, 1.82) is 0 Å². The van der Waals surface area contributed by atoms with Crippen LogP contribution in [-0.2, 0) is 17.5 Å². The summed E-state index contributed by atoms with van der Waals surface area (Å²) in [6, 6.07) is 8.70. The molecule has 1 amide bonds. The minimum absolute atomic E-state index is 0.00531. The maximum absolute atomic E-state index is 13.2. The molecule has 1 aliphatic carbocycles. The molecule has 1 aromatic carbocycles. The lowest BCUT2D eigenvalue weighted by Gasteiger charge is -2.21. The van der Waals surface area contributed by atoms with Gasteiger partial charge in [-0.15, -0.1) is 0 Å². The van der Waals surface area contributed by atoms with Crippen LogP contribution in [0, 0.1) is 0 Å².